The van der Waals surface area contributed by atoms with Gasteiger partial charge < -0.3 is 32.3 Å². The molecular weight excluding hydrogens is 547 g/mol. The van der Waals surface area contributed by atoms with Crippen LogP contribution in [0.3, 0.4) is 0 Å². The van der Waals surface area contributed by atoms with Gasteiger partial charge in [-0.3, -0.25) is 4.79 Å². The summed E-state index contributed by atoms with van der Waals surface area (Å²) in [5, 5.41) is 23.9. The molecule has 0 aliphatic rings. The molecule has 9 nitrogen and oxygen atoms in total. The SMILES string of the molecule is Cl.NC(=O)C(Nc1cc(C(=O)O)ccc1NCCc1cc(Br)c(N)c(Br)c1)C(=O)O. The predicted molar refractivity (Wildman–Crippen MR) is 123 cm³/mol. The molecule has 0 saturated carbocycles. The van der Waals surface area contributed by atoms with E-state index >= 15 is 0 Å². The third kappa shape index (κ3) is 6.51. The van der Waals surface area contributed by atoms with Gasteiger partial charge >= 0.3 is 11.9 Å². The minimum Gasteiger partial charge on any atom is -0.479 e. The highest BCUT2D eigenvalue weighted by atomic mass is 79.9. The van der Waals surface area contributed by atoms with E-state index in [9.17, 15) is 19.5 Å². The van der Waals surface area contributed by atoms with Gasteiger partial charge in [-0.1, -0.05) is 0 Å². The van der Waals surface area contributed by atoms with E-state index in [0.29, 0.717) is 24.3 Å². The molecule has 0 aromatic heterocycles. The van der Waals surface area contributed by atoms with Crippen molar-refractivity contribution in [3.63, 3.8) is 0 Å². The highest BCUT2D eigenvalue weighted by Gasteiger charge is 2.25. The Kier molecular flexibility index (Phi) is 9.40. The smallest absolute Gasteiger partial charge is 0.336 e. The summed E-state index contributed by atoms with van der Waals surface area (Å²) in [6.07, 6.45) is 0.593. The van der Waals surface area contributed by atoms with Gasteiger partial charge in [-0.25, -0.2) is 9.59 Å². The van der Waals surface area contributed by atoms with Crippen molar-refractivity contribution in [2.75, 3.05) is 22.9 Å². The van der Waals surface area contributed by atoms with E-state index in [1.54, 1.807) is 0 Å². The molecule has 1 amide bonds. The topological polar surface area (TPSA) is 168 Å². The second-order valence-corrected chi connectivity index (χ2v) is 7.74. The van der Waals surface area contributed by atoms with Gasteiger partial charge in [-0.15, -0.1) is 12.4 Å². The summed E-state index contributed by atoms with van der Waals surface area (Å²) >= 11 is 6.76. The highest BCUT2D eigenvalue weighted by Crippen LogP contribution is 2.30. The van der Waals surface area contributed by atoms with Crippen LogP contribution in [-0.2, 0) is 16.0 Å². The Morgan fingerprint density at radius 1 is 1.03 bits per heavy atom. The molecule has 12 heteroatoms. The average Bonchev–Trinajstić information content (AvgIpc) is 2.64. The molecule has 0 aliphatic carbocycles. The molecule has 162 valence electrons. The number of hydrogen-bond acceptors (Lipinski definition) is 6. The van der Waals surface area contributed by atoms with Crippen molar-refractivity contribution in [3.8, 4) is 0 Å². The first-order valence-electron chi connectivity index (χ1n) is 8.23. The summed E-state index contributed by atoms with van der Waals surface area (Å²) in [6.45, 7) is 0.443. The quantitative estimate of drug-likeness (QED) is 0.199. The lowest BCUT2D eigenvalue weighted by Gasteiger charge is -2.18. The number of aromatic carboxylic acids is 1. The van der Waals surface area contributed by atoms with Crippen molar-refractivity contribution in [2.45, 2.75) is 12.5 Å². The second-order valence-electron chi connectivity index (χ2n) is 6.03. The lowest BCUT2D eigenvalue weighted by atomic mass is 10.1. The molecule has 2 rings (SSSR count). The number of hydrogen-bond donors (Lipinski definition) is 6. The van der Waals surface area contributed by atoms with Crippen LogP contribution in [0, 0.1) is 0 Å². The van der Waals surface area contributed by atoms with Crippen LogP contribution in [-0.4, -0.2) is 40.6 Å². The Hall–Kier alpha value is -2.50. The van der Waals surface area contributed by atoms with Crippen molar-refractivity contribution in [1.82, 2.24) is 0 Å². The average molecular weight is 567 g/mol. The lowest BCUT2D eigenvalue weighted by Crippen LogP contribution is -2.42. The summed E-state index contributed by atoms with van der Waals surface area (Å²) in [4.78, 5) is 33.9. The summed E-state index contributed by atoms with van der Waals surface area (Å²) in [5.41, 5.74) is 13.0. The number of halogens is 3. The van der Waals surface area contributed by atoms with E-state index in [1.165, 1.54) is 18.2 Å². The third-order valence-corrected chi connectivity index (χ3v) is 5.28. The van der Waals surface area contributed by atoms with E-state index in [0.717, 1.165) is 14.5 Å². The first kappa shape index (κ1) is 25.5. The number of aliphatic carboxylic acids is 1. The van der Waals surface area contributed by atoms with Crippen molar-refractivity contribution in [3.05, 3.63) is 50.4 Å². The molecule has 2 aromatic carbocycles. The van der Waals surface area contributed by atoms with Gasteiger partial charge in [-0.2, -0.15) is 0 Å². The Morgan fingerprint density at radius 3 is 2.13 bits per heavy atom. The van der Waals surface area contributed by atoms with E-state index in [4.69, 9.17) is 16.6 Å². The molecule has 0 saturated heterocycles. The minimum atomic E-state index is -1.70. The van der Waals surface area contributed by atoms with Crippen LogP contribution in [0.5, 0.6) is 0 Å². The highest BCUT2D eigenvalue weighted by molar-refractivity contribution is 9.11. The van der Waals surface area contributed by atoms with Crippen molar-refractivity contribution >= 4 is 79.2 Å². The number of amides is 1. The van der Waals surface area contributed by atoms with Gasteiger partial charge in [-0.05, 0) is 74.2 Å². The van der Waals surface area contributed by atoms with E-state index < -0.39 is 23.9 Å². The molecule has 0 bridgehead atoms. The van der Waals surface area contributed by atoms with E-state index in [-0.39, 0.29) is 23.7 Å². The molecule has 2 aromatic rings. The Balaban J connectivity index is 0.00000450. The fraction of sp³-hybridized carbons (Fsp3) is 0.167. The molecular formula is C18H19Br2ClN4O5. The number of nitrogens with two attached hydrogens (primary N) is 2. The summed E-state index contributed by atoms with van der Waals surface area (Å²) < 4.78 is 1.50. The number of rotatable bonds is 9. The normalized spacial score (nSPS) is 11.1. The molecule has 0 aliphatic heterocycles. The number of carboxylic acids is 2. The maximum atomic E-state index is 11.4. The Labute approximate surface area is 194 Å². The van der Waals surface area contributed by atoms with Crippen LogP contribution in [0.15, 0.2) is 39.3 Å². The van der Waals surface area contributed by atoms with Crippen LogP contribution in [0.2, 0.25) is 0 Å². The number of nitrogen functional groups attached to an aromatic ring is 1. The van der Waals surface area contributed by atoms with E-state index in [2.05, 4.69) is 42.5 Å². The second kappa shape index (κ2) is 11.0. The Bertz CT molecular complexity index is 937. The standard InChI is InChI=1S/C18H18Br2N4O5.ClH/c19-10-5-8(6-11(20)14(10)21)3-4-23-12-2-1-9(17(26)27)7-13(12)24-15(16(22)25)18(28)29;/h1-2,5-7,15,23-24H,3-4,21H2,(H2,22,25)(H,26,27)(H,28,29);1H. The van der Waals surface area contributed by atoms with Crippen LogP contribution in [0.1, 0.15) is 15.9 Å². The molecule has 0 heterocycles. The Morgan fingerprint density at radius 2 is 1.63 bits per heavy atom. The van der Waals surface area contributed by atoms with Crippen LogP contribution in [0.25, 0.3) is 0 Å². The summed E-state index contributed by atoms with van der Waals surface area (Å²) in [6, 6.07) is 6.14. The number of carbonyl (C=O) groups excluding carboxylic acids is 1. The number of primary amides is 1. The number of carboxylic acid groups (broad SMARTS) is 2. The van der Waals surface area contributed by atoms with Gasteiger partial charge in [0.1, 0.15) is 0 Å². The largest absolute Gasteiger partial charge is 0.479 e. The molecule has 0 radical (unpaired) electrons. The maximum absolute atomic E-state index is 11.4. The molecule has 30 heavy (non-hydrogen) atoms. The first-order chi connectivity index (χ1) is 13.6. The fourth-order valence-corrected chi connectivity index (χ4v) is 3.76. The van der Waals surface area contributed by atoms with Gasteiger partial charge in [0.2, 0.25) is 6.04 Å². The molecule has 1 atom stereocenters. The number of benzene rings is 2. The van der Waals surface area contributed by atoms with Gasteiger partial charge in [0.25, 0.3) is 5.91 Å². The third-order valence-electron chi connectivity index (χ3n) is 3.97. The zero-order chi connectivity index (χ0) is 21.7. The number of nitrogens with one attached hydrogen (secondary N) is 2. The van der Waals surface area contributed by atoms with Crippen LogP contribution >= 0.6 is 44.3 Å². The van der Waals surface area contributed by atoms with Crippen molar-refractivity contribution < 1.29 is 24.6 Å². The van der Waals surface area contributed by atoms with Crippen LogP contribution < -0.4 is 22.1 Å². The lowest BCUT2D eigenvalue weighted by molar-refractivity contribution is -0.141. The van der Waals surface area contributed by atoms with E-state index in [1.807, 2.05) is 12.1 Å². The first-order valence-corrected chi connectivity index (χ1v) is 9.82. The predicted octanol–water partition coefficient (Wildman–Crippen LogP) is 2.92. The van der Waals surface area contributed by atoms with Crippen molar-refractivity contribution in [1.29, 1.82) is 0 Å². The fourth-order valence-electron chi connectivity index (χ4n) is 2.48. The summed E-state index contributed by atoms with van der Waals surface area (Å²) in [7, 11) is 0. The monoisotopic (exact) mass is 564 g/mol. The van der Waals surface area contributed by atoms with Crippen LogP contribution in [0.4, 0.5) is 17.1 Å². The zero-order valence-electron chi connectivity index (χ0n) is 15.3. The minimum absolute atomic E-state index is 0. The van der Waals surface area contributed by atoms with Gasteiger partial charge in [0, 0.05) is 15.5 Å². The maximum Gasteiger partial charge on any atom is 0.336 e. The zero-order valence-corrected chi connectivity index (χ0v) is 19.3. The molecule has 0 fully saturated rings. The van der Waals surface area contributed by atoms with Gasteiger partial charge in [0.05, 0.1) is 22.6 Å². The summed E-state index contributed by atoms with van der Waals surface area (Å²) in [5.74, 6) is -3.76. The molecule has 8 N–H and O–H groups in total. The molecule has 1 unspecified atom stereocenters. The number of carbonyl (C=O) groups is 3. The molecule has 0 spiro atoms. The van der Waals surface area contributed by atoms with Crippen molar-refractivity contribution in [2.24, 2.45) is 5.73 Å². The van der Waals surface area contributed by atoms with Gasteiger partial charge in [0.15, 0.2) is 0 Å². The number of anilines is 3.